The molecule has 1 atom stereocenters. The van der Waals surface area contributed by atoms with Gasteiger partial charge in [-0.05, 0) is 41.5 Å². The summed E-state index contributed by atoms with van der Waals surface area (Å²) in [6.45, 7) is 1.50. The molecule has 0 bridgehead atoms. The largest absolute Gasteiger partial charge is 0.489 e. The second kappa shape index (κ2) is 9.90. The summed E-state index contributed by atoms with van der Waals surface area (Å²) in [5.74, 6) is 0.805. The lowest BCUT2D eigenvalue weighted by molar-refractivity contribution is 0.174. The van der Waals surface area contributed by atoms with Gasteiger partial charge in [0, 0.05) is 28.1 Å². The maximum absolute atomic E-state index is 10.3. The molecule has 0 spiro atoms. The van der Waals surface area contributed by atoms with E-state index < -0.39 is 6.10 Å². The molecule has 3 aromatic carbocycles. The lowest BCUT2D eigenvalue weighted by Crippen LogP contribution is -2.21. The third-order valence-electron chi connectivity index (χ3n) is 4.14. The van der Waals surface area contributed by atoms with Gasteiger partial charge < -0.3 is 15.2 Å². The van der Waals surface area contributed by atoms with E-state index in [1.165, 1.54) is 0 Å². The first-order valence-electron chi connectivity index (χ1n) is 8.71. The zero-order chi connectivity index (χ0) is 19.1. The molecule has 2 N–H and O–H groups in total. The van der Waals surface area contributed by atoms with Crippen LogP contribution in [0.25, 0.3) is 0 Å². The molecule has 0 heterocycles. The van der Waals surface area contributed by atoms with Crippen LogP contribution in [0.5, 0.6) is 5.75 Å². The van der Waals surface area contributed by atoms with E-state index >= 15 is 0 Å². The molecule has 5 heteroatoms. The van der Waals surface area contributed by atoms with Crippen LogP contribution in [0.15, 0.2) is 77.3 Å². The van der Waals surface area contributed by atoms with Gasteiger partial charge in [-0.15, -0.1) is 0 Å². The SMILES string of the molecule is O[C@H](CNCc1cc(Br)ccc1OCc1cccc(Cl)c1)c1ccccc1. The summed E-state index contributed by atoms with van der Waals surface area (Å²) in [6, 6.07) is 23.2. The lowest BCUT2D eigenvalue weighted by Gasteiger charge is -2.15. The summed E-state index contributed by atoms with van der Waals surface area (Å²) < 4.78 is 6.98. The van der Waals surface area contributed by atoms with E-state index in [1.54, 1.807) is 0 Å². The fourth-order valence-corrected chi connectivity index (χ4v) is 3.37. The molecule has 3 nitrogen and oxygen atoms in total. The van der Waals surface area contributed by atoms with Gasteiger partial charge in [-0.2, -0.15) is 0 Å². The third-order valence-corrected chi connectivity index (χ3v) is 4.87. The topological polar surface area (TPSA) is 41.5 Å². The van der Waals surface area contributed by atoms with Crippen LogP contribution >= 0.6 is 27.5 Å². The van der Waals surface area contributed by atoms with E-state index in [4.69, 9.17) is 16.3 Å². The summed E-state index contributed by atoms with van der Waals surface area (Å²) in [7, 11) is 0. The highest BCUT2D eigenvalue weighted by atomic mass is 79.9. The Morgan fingerprint density at radius 2 is 1.81 bits per heavy atom. The molecule has 3 rings (SSSR count). The summed E-state index contributed by atoms with van der Waals surface area (Å²) in [6.07, 6.45) is -0.547. The molecule has 0 aromatic heterocycles. The van der Waals surface area contributed by atoms with Crippen molar-refractivity contribution in [1.82, 2.24) is 5.32 Å². The summed E-state index contributed by atoms with van der Waals surface area (Å²) in [5.41, 5.74) is 2.94. The number of nitrogens with one attached hydrogen (secondary N) is 1. The number of hydrogen-bond acceptors (Lipinski definition) is 3. The quantitative estimate of drug-likeness (QED) is 0.480. The Hall–Kier alpha value is -1.85. The van der Waals surface area contributed by atoms with Crippen LogP contribution in [0.1, 0.15) is 22.8 Å². The minimum absolute atomic E-state index is 0.446. The molecule has 3 aromatic rings. The maximum atomic E-state index is 10.3. The third kappa shape index (κ3) is 6.08. The number of rotatable bonds is 8. The van der Waals surface area contributed by atoms with E-state index in [1.807, 2.05) is 72.8 Å². The number of aliphatic hydroxyl groups is 1. The molecule has 0 amide bonds. The van der Waals surface area contributed by atoms with Crippen LogP contribution in [0, 0.1) is 0 Å². The van der Waals surface area contributed by atoms with Crippen LogP contribution in [0.4, 0.5) is 0 Å². The minimum atomic E-state index is -0.547. The average molecular weight is 447 g/mol. The van der Waals surface area contributed by atoms with Gasteiger partial charge in [-0.1, -0.05) is 70.0 Å². The molecular formula is C22H21BrClNO2. The van der Waals surface area contributed by atoms with Crippen molar-refractivity contribution in [2.24, 2.45) is 0 Å². The Labute approximate surface area is 173 Å². The molecule has 0 saturated carbocycles. The van der Waals surface area contributed by atoms with Crippen molar-refractivity contribution in [3.63, 3.8) is 0 Å². The second-order valence-corrected chi connectivity index (χ2v) is 7.58. The molecule has 140 valence electrons. The van der Waals surface area contributed by atoms with Crippen LogP contribution in [-0.2, 0) is 13.2 Å². The van der Waals surface area contributed by atoms with Crippen molar-refractivity contribution in [2.75, 3.05) is 6.54 Å². The first kappa shape index (κ1) is 19.9. The van der Waals surface area contributed by atoms with Crippen molar-refractivity contribution < 1.29 is 9.84 Å². The van der Waals surface area contributed by atoms with Crippen LogP contribution < -0.4 is 10.1 Å². The summed E-state index contributed by atoms with van der Waals surface area (Å²) in [5, 5.41) is 14.3. The number of benzene rings is 3. The lowest BCUT2D eigenvalue weighted by atomic mass is 10.1. The Bertz CT molecular complexity index is 873. The molecule has 0 radical (unpaired) electrons. The van der Waals surface area contributed by atoms with Crippen LogP contribution in [0.2, 0.25) is 5.02 Å². The monoisotopic (exact) mass is 445 g/mol. The molecule has 0 aliphatic rings. The summed E-state index contributed by atoms with van der Waals surface area (Å²) in [4.78, 5) is 0. The Morgan fingerprint density at radius 3 is 2.59 bits per heavy atom. The standard InChI is InChI=1S/C22H21BrClNO2/c23-19-9-10-22(27-15-16-5-4-8-20(24)11-16)18(12-19)13-25-14-21(26)17-6-2-1-3-7-17/h1-12,21,25-26H,13-15H2/t21-/m1/s1. The molecule has 0 unspecified atom stereocenters. The highest BCUT2D eigenvalue weighted by molar-refractivity contribution is 9.10. The average Bonchev–Trinajstić information content (AvgIpc) is 2.68. The highest BCUT2D eigenvalue weighted by Gasteiger charge is 2.09. The van der Waals surface area contributed by atoms with Crippen molar-refractivity contribution >= 4 is 27.5 Å². The molecular weight excluding hydrogens is 426 g/mol. The molecule has 0 saturated heterocycles. The van der Waals surface area contributed by atoms with E-state index in [2.05, 4.69) is 21.2 Å². The number of hydrogen-bond donors (Lipinski definition) is 2. The van der Waals surface area contributed by atoms with Gasteiger partial charge in [-0.3, -0.25) is 0 Å². The van der Waals surface area contributed by atoms with E-state index in [0.29, 0.717) is 24.7 Å². The smallest absolute Gasteiger partial charge is 0.124 e. The van der Waals surface area contributed by atoms with E-state index in [9.17, 15) is 5.11 Å². The maximum Gasteiger partial charge on any atom is 0.124 e. The van der Waals surface area contributed by atoms with Crippen molar-refractivity contribution in [1.29, 1.82) is 0 Å². The van der Waals surface area contributed by atoms with Gasteiger partial charge in [0.25, 0.3) is 0 Å². The molecule has 27 heavy (non-hydrogen) atoms. The fourth-order valence-electron chi connectivity index (χ4n) is 2.75. The van der Waals surface area contributed by atoms with Crippen LogP contribution in [0.3, 0.4) is 0 Å². The number of halogens is 2. The molecule has 0 fully saturated rings. The second-order valence-electron chi connectivity index (χ2n) is 6.23. The zero-order valence-corrected chi connectivity index (χ0v) is 17.1. The van der Waals surface area contributed by atoms with Crippen molar-refractivity contribution in [2.45, 2.75) is 19.3 Å². The van der Waals surface area contributed by atoms with Gasteiger partial charge in [0.15, 0.2) is 0 Å². The fraction of sp³-hybridized carbons (Fsp3) is 0.182. The summed E-state index contributed by atoms with van der Waals surface area (Å²) >= 11 is 9.54. The predicted octanol–water partition coefficient (Wildman–Crippen LogP) is 5.50. The van der Waals surface area contributed by atoms with Gasteiger partial charge in [-0.25, -0.2) is 0 Å². The van der Waals surface area contributed by atoms with Crippen molar-refractivity contribution in [3.8, 4) is 5.75 Å². The van der Waals surface area contributed by atoms with Gasteiger partial charge in [0.2, 0.25) is 0 Å². The highest BCUT2D eigenvalue weighted by Crippen LogP contribution is 2.25. The minimum Gasteiger partial charge on any atom is -0.489 e. The van der Waals surface area contributed by atoms with Gasteiger partial charge >= 0.3 is 0 Å². The first-order chi connectivity index (χ1) is 13.1. The molecule has 0 aliphatic heterocycles. The zero-order valence-electron chi connectivity index (χ0n) is 14.7. The van der Waals surface area contributed by atoms with E-state index in [-0.39, 0.29) is 0 Å². The van der Waals surface area contributed by atoms with Crippen LogP contribution in [-0.4, -0.2) is 11.7 Å². The normalized spacial score (nSPS) is 12.0. The number of aliphatic hydroxyl groups excluding tert-OH is 1. The Kier molecular flexibility index (Phi) is 7.30. The Balaban J connectivity index is 1.60. The van der Waals surface area contributed by atoms with E-state index in [0.717, 1.165) is 26.9 Å². The van der Waals surface area contributed by atoms with Gasteiger partial charge in [0.05, 0.1) is 6.10 Å². The van der Waals surface area contributed by atoms with Gasteiger partial charge in [0.1, 0.15) is 12.4 Å². The number of ether oxygens (including phenoxy) is 1. The first-order valence-corrected chi connectivity index (χ1v) is 9.88. The van der Waals surface area contributed by atoms with Crippen molar-refractivity contribution in [3.05, 3.63) is 99.0 Å². The Morgan fingerprint density at radius 1 is 1.00 bits per heavy atom. The predicted molar refractivity (Wildman–Crippen MR) is 113 cm³/mol. The molecule has 0 aliphatic carbocycles.